The number of rotatable bonds is 7. The van der Waals surface area contributed by atoms with Gasteiger partial charge in [-0.05, 0) is 41.5 Å². The summed E-state index contributed by atoms with van der Waals surface area (Å²) in [6.07, 6.45) is 5.99. The minimum absolute atomic E-state index is 0.195. The van der Waals surface area contributed by atoms with E-state index in [4.69, 9.17) is 9.47 Å². The molecule has 0 unspecified atom stereocenters. The van der Waals surface area contributed by atoms with Crippen molar-refractivity contribution in [3.63, 3.8) is 0 Å². The highest BCUT2D eigenvalue weighted by molar-refractivity contribution is 5.91. The van der Waals surface area contributed by atoms with Crippen molar-refractivity contribution in [1.29, 1.82) is 0 Å². The first-order chi connectivity index (χ1) is 16.6. The summed E-state index contributed by atoms with van der Waals surface area (Å²) in [7, 11) is 0. The van der Waals surface area contributed by atoms with Crippen molar-refractivity contribution in [3.8, 4) is 11.5 Å². The van der Waals surface area contributed by atoms with Crippen molar-refractivity contribution >= 4 is 23.0 Å². The van der Waals surface area contributed by atoms with Crippen LogP contribution in [0, 0.1) is 5.82 Å². The number of nitrogens with zero attached hydrogens (tertiary/aromatic N) is 4. The maximum absolute atomic E-state index is 13.4. The van der Waals surface area contributed by atoms with E-state index in [1.807, 2.05) is 6.07 Å². The molecule has 0 spiro atoms. The van der Waals surface area contributed by atoms with Gasteiger partial charge in [0, 0.05) is 12.6 Å². The van der Waals surface area contributed by atoms with Crippen LogP contribution in [-0.2, 0) is 17.9 Å². The summed E-state index contributed by atoms with van der Waals surface area (Å²) in [5.74, 6) is 0.706. The fraction of sp³-hybridized carbons (Fsp3) is 0.167. The predicted molar refractivity (Wildman–Crippen MR) is 122 cm³/mol. The highest BCUT2D eigenvalue weighted by Gasteiger charge is 2.13. The van der Waals surface area contributed by atoms with E-state index in [2.05, 4.69) is 15.4 Å². The van der Waals surface area contributed by atoms with E-state index in [9.17, 15) is 14.0 Å². The zero-order valence-electron chi connectivity index (χ0n) is 18.0. The molecule has 1 aliphatic heterocycles. The van der Waals surface area contributed by atoms with Gasteiger partial charge >= 0.3 is 0 Å². The number of carbonyl (C=O) groups is 1. The fourth-order valence-electron chi connectivity index (χ4n) is 3.64. The second kappa shape index (κ2) is 9.18. The Bertz CT molecular complexity index is 1460. The lowest BCUT2D eigenvalue weighted by molar-refractivity contribution is -0.116. The maximum atomic E-state index is 13.4. The van der Waals surface area contributed by atoms with Crippen LogP contribution in [0.5, 0.6) is 11.5 Å². The molecule has 3 heterocycles. The van der Waals surface area contributed by atoms with E-state index in [0.29, 0.717) is 41.2 Å². The third-order valence-corrected chi connectivity index (χ3v) is 5.31. The fourth-order valence-corrected chi connectivity index (χ4v) is 3.64. The van der Waals surface area contributed by atoms with E-state index in [0.717, 1.165) is 5.56 Å². The summed E-state index contributed by atoms with van der Waals surface area (Å²) in [5.41, 5.74) is 1.63. The summed E-state index contributed by atoms with van der Waals surface area (Å²) >= 11 is 0. The zero-order valence-corrected chi connectivity index (χ0v) is 18.0. The largest absolute Gasteiger partial charge is 0.454 e. The van der Waals surface area contributed by atoms with Crippen LogP contribution in [0.15, 0.2) is 65.9 Å². The molecule has 0 saturated carbocycles. The first-order valence-electron chi connectivity index (χ1n) is 10.6. The van der Waals surface area contributed by atoms with Gasteiger partial charge in [0.1, 0.15) is 17.5 Å². The first-order valence-corrected chi connectivity index (χ1v) is 10.6. The van der Waals surface area contributed by atoms with Gasteiger partial charge in [0.15, 0.2) is 17.1 Å². The molecule has 0 saturated heterocycles. The number of amides is 1. The van der Waals surface area contributed by atoms with E-state index in [1.54, 1.807) is 35.0 Å². The summed E-state index contributed by atoms with van der Waals surface area (Å²) in [6.45, 7) is 1.04. The van der Waals surface area contributed by atoms with Crippen molar-refractivity contribution in [3.05, 3.63) is 88.4 Å². The number of nitrogens with one attached hydrogen (secondary N) is 1. The lowest BCUT2D eigenvalue weighted by Crippen LogP contribution is -2.26. The third-order valence-electron chi connectivity index (χ3n) is 5.31. The minimum atomic E-state index is -0.361. The molecular weight excluding hydrogens is 441 g/mol. The maximum Gasteiger partial charge on any atom is 0.264 e. The van der Waals surface area contributed by atoms with Crippen LogP contribution >= 0.6 is 0 Å². The number of benzene rings is 2. The lowest BCUT2D eigenvalue weighted by Gasteiger charge is -2.07. The SMILES string of the molecule is O=C(/C=C\c1ccc2c(c1)OCO2)NCCn1ncc2c(=O)n(Cc3cccc(F)c3)cnc21. The molecule has 4 aromatic rings. The van der Waals surface area contributed by atoms with Crippen molar-refractivity contribution in [1.82, 2.24) is 24.6 Å². The number of fused-ring (bicyclic) bond motifs is 2. The molecule has 0 aliphatic carbocycles. The molecule has 2 aromatic carbocycles. The van der Waals surface area contributed by atoms with Crippen LogP contribution in [-0.4, -0.2) is 38.6 Å². The standard InChI is InChI=1S/C24H20FN5O4/c25-18-3-1-2-17(10-18)13-29-14-27-23-19(24(29)32)12-28-30(23)9-8-26-22(31)7-5-16-4-6-20-21(11-16)34-15-33-20/h1-7,10-12,14H,8-9,13,15H2,(H,26,31)/b7-5-. The number of hydrogen-bond donors (Lipinski definition) is 1. The van der Waals surface area contributed by atoms with Gasteiger partial charge in [-0.25, -0.2) is 14.1 Å². The molecule has 0 atom stereocenters. The summed E-state index contributed by atoms with van der Waals surface area (Å²) in [4.78, 5) is 29.3. The molecule has 1 amide bonds. The molecule has 2 aromatic heterocycles. The van der Waals surface area contributed by atoms with E-state index < -0.39 is 0 Å². The molecular formula is C24H20FN5O4. The summed E-state index contributed by atoms with van der Waals surface area (Å²) in [5, 5.41) is 7.37. The molecule has 172 valence electrons. The molecule has 34 heavy (non-hydrogen) atoms. The van der Waals surface area contributed by atoms with Crippen molar-refractivity contribution < 1.29 is 18.7 Å². The Labute approximate surface area is 193 Å². The first kappa shape index (κ1) is 21.4. The Kier molecular flexibility index (Phi) is 5.77. The smallest absolute Gasteiger partial charge is 0.264 e. The van der Waals surface area contributed by atoms with Gasteiger partial charge in [0.2, 0.25) is 12.7 Å². The molecule has 0 bridgehead atoms. The van der Waals surface area contributed by atoms with Gasteiger partial charge in [-0.2, -0.15) is 5.10 Å². The second-order valence-electron chi connectivity index (χ2n) is 7.65. The normalized spacial score (nSPS) is 12.5. The van der Waals surface area contributed by atoms with Gasteiger partial charge in [-0.1, -0.05) is 18.2 Å². The van der Waals surface area contributed by atoms with Gasteiger partial charge < -0.3 is 14.8 Å². The Morgan fingerprint density at radius 2 is 2.06 bits per heavy atom. The average molecular weight is 461 g/mol. The number of hydrogen-bond acceptors (Lipinski definition) is 6. The number of ether oxygens (including phenoxy) is 2. The number of carbonyl (C=O) groups excluding carboxylic acids is 1. The molecule has 9 nitrogen and oxygen atoms in total. The zero-order chi connectivity index (χ0) is 23.5. The highest BCUT2D eigenvalue weighted by atomic mass is 19.1. The molecule has 1 aliphatic rings. The summed E-state index contributed by atoms with van der Waals surface area (Å²) in [6, 6.07) is 11.5. The van der Waals surface area contributed by atoms with Crippen LogP contribution in [0.3, 0.4) is 0 Å². The van der Waals surface area contributed by atoms with Crippen LogP contribution in [0.4, 0.5) is 4.39 Å². The van der Waals surface area contributed by atoms with Crippen molar-refractivity contribution in [2.45, 2.75) is 13.1 Å². The molecule has 5 rings (SSSR count). The van der Waals surface area contributed by atoms with Crippen LogP contribution in [0.1, 0.15) is 11.1 Å². The van der Waals surface area contributed by atoms with E-state index >= 15 is 0 Å². The third kappa shape index (κ3) is 4.51. The molecule has 0 fully saturated rings. The van der Waals surface area contributed by atoms with Crippen molar-refractivity contribution in [2.24, 2.45) is 0 Å². The molecule has 1 N–H and O–H groups in total. The summed E-state index contributed by atoms with van der Waals surface area (Å²) < 4.78 is 27.0. The van der Waals surface area contributed by atoms with Crippen LogP contribution in [0.2, 0.25) is 0 Å². The minimum Gasteiger partial charge on any atom is -0.454 e. The molecule has 0 radical (unpaired) electrons. The van der Waals surface area contributed by atoms with Gasteiger partial charge in [0.25, 0.3) is 5.56 Å². The Morgan fingerprint density at radius 3 is 2.94 bits per heavy atom. The Hall–Kier alpha value is -4.47. The second-order valence-corrected chi connectivity index (χ2v) is 7.65. The topological polar surface area (TPSA) is 100 Å². The van der Waals surface area contributed by atoms with E-state index in [-0.39, 0.29) is 30.6 Å². The monoisotopic (exact) mass is 461 g/mol. The van der Waals surface area contributed by atoms with Crippen molar-refractivity contribution in [2.75, 3.05) is 13.3 Å². The Morgan fingerprint density at radius 1 is 1.18 bits per heavy atom. The Balaban J connectivity index is 1.20. The van der Waals surface area contributed by atoms with Gasteiger partial charge in [-0.3, -0.25) is 14.2 Å². The predicted octanol–water partition coefficient (Wildman–Crippen LogP) is 2.34. The van der Waals surface area contributed by atoms with E-state index in [1.165, 1.54) is 35.3 Å². The number of halogens is 1. The molecule has 10 heteroatoms. The van der Waals surface area contributed by atoms with Gasteiger partial charge in [-0.15, -0.1) is 0 Å². The van der Waals surface area contributed by atoms with Crippen LogP contribution in [0.25, 0.3) is 17.1 Å². The lowest BCUT2D eigenvalue weighted by atomic mass is 10.2. The average Bonchev–Trinajstić information content (AvgIpc) is 3.46. The highest BCUT2D eigenvalue weighted by Crippen LogP contribution is 2.32. The van der Waals surface area contributed by atoms with Gasteiger partial charge in [0.05, 0.1) is 19.3 Å². The quantitative estimate of drug-likeness (QED) is 0.424. The number of aromatic nitrogens is 4. The van der Waals surface area contributed by atoms with Crippen LogP contribution < -0.4 is 20.3 Å².